The molecule has 0 saturated heterocycles. The monoisotopic (exact) mass is 384 g/mol. The maximum Gasteiger partial charge on any atom is 0.226 e. The van der Waals surface area contributed by atoms with Gasteiger partial charge in [0.15, 0.2) is 13.5 Å². The summed E-state index contributed by atoms with van der Waals surface area (Å²) < 4.78 is 14.6. The summed E-state index contributed by atoms with van der Waals surface area (Å²) in [7, 11) is 5.36. The lowest BCUT2D eigenvalue weighted by atomic mass is 10.1. The molecular weight excluding hydrogens is 362 g/mol. The SMILES string of the molecule is [B]C(O)(O)n1ncc2c(NC(C)(C)C)nc(NCCc3ccccc3F)nc21. The highest BCUT2D eigenvalue weighted by atomic mass is 19.1. The first-order chi connectivity index (χ1) is 13.0. The number of anilines is 2. The highest BCUT2D eigenvalue weighted by molar-refractivity contribution is 6.11. The van der Waals surface area contributed by atoms with Crippen molar-refractivity contribution in [1.82, 2.24) is 19.7 Å². The zero-order chi connectivity index (χ0) is 20.5. The first kappa shape index (κ1) is 20.0. The van der Waals surface area contributed by atoms with E-state index in [0.717, 1.165) is 4.68 Å². The summed E-state index contributed by atoms with van der Waals surface area (Å²) in [5.41, 5.74) is 0.398. The first-order valence-corrected chi connectivity index (χ1v) is 8.80. The molecular formula is C18H22BFN6O2. The summed E-state index contributed by atoms with van der Waals surface area (Å²) in [4.78, 5) is 8.74. The minimum atomic E-state index is -2.71. The lowest BCUT2D eigenvalue weighted by molar-refractivity contribution is -0.157. The van der Waals surface area contributed by atoms with Crippen molar-refractivity contribution in [3.05, 3.63) is 41.8 Å². The fraction of sp³-hybridized carbons (Fsp3) is 0.389. The molecule has 0 bridgehead atoms. The van der Waals surface area contributed by atoms with Crippen LogP contribution >= 0.6 is 0 Å². The lowest BCUT2D eigenvalue weighted by Crippen LogP contribution is -2.34. The predicted molar refractivity (Wildman–Crippen MR) is 105 cm³/mol. The van der Waals surface area contributed by atoms with Crippen LogP contribution in [0.15, 0.2) is 30.5 Å². The highest BCUT2D eigenvalue weighted by Crippen LogP contribution is 2.26. The summed E-state index contributed by atoms with van der Waals surface area (Å²) in [6.07, 6.45) is 1.83. The average Bonchev–Trinajstić information content (AvgIpc) is 3.00. The van der Waals surface area contributed by atoms with Gasteiger partial charge in [0.05, 0.1) is 11.6 Å². The number of fused-ring (bicyclic) bond motifs is 1. The molecule has 28 heavy (non-hydrogen) atoms. The highest BCUT2D eigenvalue weighted by Gasteiger charge is 2.25. The van der Waals surface area contributed by atoms with Crippen molar-refractivity contribution >= 4 is 30.6 Å². The molecule has 0 saturated carbocycles. The molecule has 8 nitrogen and oxygen atoms in total. The Kier molecular flexibility index (Phi) is 5.27. The maximum absolute atomic E-state index is 13.8. The van der Waals surface area contributed by atoms with Crippen LogP contribution in [0.1, 0.15) is 26.3 Å². The Morgan fingerprint density at radius 1 is 1.18 bits per heavy atom. The molecule has 10 heteroatoms. The van der Waals surface area contributed by atoms with Crippen molar-refractivity contribution in [3.63, 3.8) is 0 Å². The van der Waals surface area contributed by atoms with Crippen LogP contribution in [-0.2, 0) is 12.2 Å². The van der Waals surface area contributed by atoms with Gasteiger partial charge in [0.25, 0.3) is 0 Å². The van der Waals surface area contributed by atoms with Gasteiger partial charge in [0, 0.05) is 12.1 Å². The Morgan fingerprint density at radius 3 is 2.54 bits per heavy atom. The third kappa shape index (κ3) is 4.57. The second-order valence-corrected chi connectivity index (χ2v) is 7.52. The fourth-order valence-electron chi connectivity index (χ4n) is 2.69. The molecule has 0 atom stereocenters. The van der Waals surface area contributed by atoms with Gasteiger partial charge >= 0.3 is 0 Å². The molecule has 0 fully saturated rings. The Bertz CT molecular complexity index is 980. The Hall–Kier alpha value is -2.72. The Labute approximate surface area is 163 Å². The van der Waals surface area contributed by atoms with E-state index in [1.54, 1.807) is 18.2 Å². The molecule has 0 aliphatic heterocycles. The number of nitrogens with zero attached hydrogens (tertiary/aromatic N) is 4. The van der Waals surface area contributed by atoms with Gasteiger partial charge in [0.2, 0.25) is 11.8 Å². The van der Waals surface area contributed by atoms with E-state index in [1.807, 2.05) is 20.8 Å². The number of hydrogen-bond acceptors (Lipinski definition) is 7. The van der Waals surface area contributed by atoms with Crippen LogP contribution < -0.4 is 10.6 Å². The van der Waals surface area contributed by atoms with Crippen LogP contribution in [0.5, 0.6) is 0 Å². The number of halogens is 1. The normalized spacial score (nSPS) is 12.4. The second kappa shape index (κ2) is 7.36. The van der Waals surface area contributed by atoms with E-state index in [0.29, 0.717) is 29.7 Å². The molecule has 0 unspecified atom stereocenters. The smallest absolute Gasteiger partial charge is 0.226 e. The topological polar surface area (TPSA) is 108 Å². The standard InChI is InChI=1S/C18H22BFN6O2/c1-17(2,3)25-14-12-10-22-26(18(19,27)28)15(12)24-16(23-14)21-9-8-11-6-4-5-7-13(11)20/h4-7,10,27-28H,8-9H2,1-3H3,(H2,21,23,24,25). The first-order valence-electron chi connectivity index (χ1n) is 8.80. The van der Waals surface area contributed by atoms with Gasteiger partial charge in [-0.1, -0.05) is 18.2 Å². The predicted octanol–water partition coefficient (Wildman–Crippen LogP) is 1.55. The average molecular weight is 384 g/mol. The molecule has 3 rings (SSSR count). The molecule has 0 amide bonds. The van der Waals surface area contributed by atoms with Crippen molar-refractivity contribution in [2.75, 3.05) is 17.2 Å². The molecule has 0 aliphatic rings. The van der Waals surface area contributed by atoms with Crippen molar-refractivity contribution in [2.45, 2.75) is 38.5 Å². The van der Waals surface area contributed by atoms with Crippen LogP contribution in [0.4, 0.5) is 16.2 Å². The summed E-state index contributed by atoms with van der Waals surface area (Å²) in [5, 5.41) is 30.1. The molecule has 2 heterocycles. The maximum atomic E-state index is 13.8. The van der Waals surface area contributed by atoms with Gasteiger partial charge in [-0.3, -0.25) is 0 Å². The van der Waals surface area contributed by atoms with Gasteiger partial charge in [-0.05, 0) is 38.8 Å². The van der Waals surface area contributed by atoms with Gasteiger partial charge in [-0.25, -0.2) is 9.07 Å². The number of hydrogen-bond donors (Lipinski definition) is 4. The number of aromatic nitrogens is 4. The van der Waals surface area contributed by atoms with Gasteiger partial charge in [0.1, 0.15) is 11.6 Å². The van der Waals surface area contributed by atoms with Crippen molar-refractivity contribution in [3.8, 4) is 0 Å². The van der Waals surface area contributed by atoms with Crippen molar-refractivity contribution < 1.29 is 14.6 Å². The van der Waals surface area contributed by atoms with E-state index in [9.17, 15) is 14.6 Å². The molecule has 2 radical (unpaired) electrons. The minimum absolute atomic E-state index is 0.141. The van der Waals surface area contributed by atoms with E-state index in [-0.39, 0.29) is 23.0 Å². The molecule has 0 aliphatic carbocycles. The van der Waals surface area contributed by atoms with Crippen LogP contribution in [0.25, 0.3) is 11.0 Å². The van der Waals surface area contributed by atoms with E-state index >= 15 is 0 Å². The van der Waals surface area contributed by atoms with Crippen LogP contribution in [0, 0.1) is 5.82 Å². The number of benzene rings is 1. The number of aliphatic hydroxyl groups is 2. The molecule has 1 aromatic carbocycles. The summed E-state index contributed by atoms with van der Waals surface area (Å²) in [5.74, 6) is -2.30. The largest absolute Gasteiger partial charge is 0.365 e. The quantitative estimate of drug-likeness (QED) is 0.377. The van der Waals surface area contributed by atoms with Crippen molar-refractivity contribution in [2.24, 2.45) is 0 Å². The number of rotatable bonds is 6. The molecule has 146 valence electrons. The van der Waals surface area contributed by atoms with E-state index < -0.39 is 5.81 Å². The molecule has 3 aromatic rings. The third-order valence-electron chi connectivity index (χ3n) is 3.87. The molecule has 2 aromatic heterocycles. The Balaban J connectivity index is 1.91. The summed E-state index contributed by atoms with van der Waals surface area (Å²) in [6, 6.07) is 6.53. The fourth-order valence-corrected chi connectivity index (χ4v) is 2.69. The van der Waals surface area contributed by atoms with Crippen LogP contribution in [-0.4, -0.2) is 49.9 Å². The summed E-state index contributed by atoms with van der Waals surface area (Å²) >= 11 is 0. The third-order valence-corrected chi connectivity index (χ3v) is 3.87. The minimum Gasteiger partial charge on any atom is -0.365 e. The summed E-state index contributed by atoms with van der Waals surface area (Å²) in [6.45, 7) is 6.26. The Morgan fingerprint density at radius 2 is 1.89 bits per heavy atom. The lowest BCUT2D eigenvalue weighted by Gasteiger charge is -2.22. The van der Waals surface area contributed by atoms with Gasteiger partial charge in [-0.2, -0.15) is 15.1 Å². The van der Waals surface area contributed by atoms with Crippen LogP contribution in [0.3, 0.4) is 0 Å². The van der Waals surface area contributed by atoms with E-state index in [1.165, 1.54) is 12.3 Å². The zero-order valence-corrected chi connectivity index (χ0v) is 15.9. The van der Waals surface area contributed by atoms with E-state index in [2.05, 4.69) is 25.7 Å². The van der Waals surface area contributed by atoms with E-state index in [4.69, 9.17) is 7.85 Å². The zero-order valence-electron chi connectivity index (χ0n) is 15.9. The van der Waals surface area contributed by atoms with Gasteiger partial charge in [-0.15, -0.1) is 0 Å². The molecule has 0 spiro atoms. The molecule has 4 N–H and O–H groups in total. The van der Waals surface area contributed by atoms with Gasteiger partial charge < -0.3 is 20.8 Å². The second-order valence-electron chi connectivity index (χ2n) is 7.52. The van der Waals surface area contributed by atoms with Crippen LogP contribution in [0.2, 0.25) is 0 Å². The number of nitrogens with one attached hydrogen (secondary N) is 2. The van der Waals surface area contributed by atoms with Crippen molar-refractivity contribution in [1.29, 1.82) is 0 Å².